The Labute approximate surface area is 170 Å². The normalized spacial score (nSPS) is 22.7. The molecule has 1 aliphatic carbocycles. The van der Waals surface area contributed by atoms with Gasteiger partial charge in [0, 0.05) is 35.2 Å². The van der Waals surface area contributed by atoms with Crippen molar-refractivity contribution in [2.45, 2.75) is 37.1 Å². The quantitative estimate of drug-likeness (QED) is 0.667. The highest BCUT2D eigenvalue weighted by atomic mass is 32.2. The molecule has 4 nitrogen and oxygen atoms in total. The van der Waals surface area contributed by atoms with Crippen LogP contribution in [0, 0.1) is 22.9 Å². The van der Waals surface area contributed by atoms with Gasteiger partial charge in [-0.05, 0) is 43.0 Å². The third-order valence-electron chi connectivity index (χ3n) is 5.93. The molecule has 2 aromatic rings. The molecule has 4 rings (SSSR count). The van der Waals surface area contributed by atoms with E-state index in [1.807, 2.05) is 0 Å². The van der Waals surface area contributed by atoms with Gasteiger partial charge in [-0.15, -0.1) is 0 Å². The number of halogens is 5. The van der Waals surface area contributed by atoms with Gasteiger partial charge < -0.3 is 5.32 Å². The number of hydrogen-bond acceptors (Lipinski definition) is 3. The van der Waals surface area contributed by atoms with Crippen LogP contribution in [0.15, 0.2) is 36.4 Å². The van der Waals surface area contributed by atoms with E-state index in [2.05, 4.69) is 10.0 Å². The summed E-state index contributed by atoms with van der Waals surface area (Å²) in [5, 5.41) is 3.10. The Balaban J connectivity index is 1.63. The predicted molar refractivity (Wildman–Crippen MR) is 101 cm³/mol. The molecule has 10 heteroatoms. The van der Waals surface area contributed by atoms with Crippen molar-refractivity contribution >= 4 is 10.0 Å². The van der Waals surface area contributed by atoms with Gasteiger partial charge in [0.2, 0.25) is 0 Å². The van der Waals surface area contributed by atoms with Crippen LogP contribution in [-0.4, -0.2) is 32.8 Å². The maximum absolute atomic E-state index is 15.1. The molecule has 2 aromatic carbocycles. The van der Waals surface area contributed by atoms with E-state index < -0.39 is 50.7 Å². The molecule has 1 spiro atoms. The fraction of sp³-hybridized carbons (Fsp3) is 0.400. The number of sulfonamides is 1. The zero-order valence-electron chi connectivity index (χ0n) is 15.6. The summed E-state index contributed by atoms with van der Waals surface area (Å²) in [6.45, 7) is 0.425. The molecule has 0 aromatic heterocycles. The molecule has 2 fully saturated rings. The van der Waals surface area contributed by atoms with E-state index in [0.717, 1.165) is 18.2 Å². The van der Waals surface area contributed by atoms with Gasteiger partial charge in [0.15, 0.2) is 0 Å². The van der Waals surface area contributed by atoms with E-state index in [0.29, 0.717) is 19.4 Å². The third kappa shape index (κ3) is 3.83. The Morgan fingerprint density at radius 1 is 1.10 bits per heavy atom. The van der Waals surface area contributed by atoms with Gasteiger partial charge >= 0.3 is 5.76 Å². The number of hydrogen-bond donors (Lipinski definition) is 2. The van der Waals surface area contributed by atoms with E-state index in [-0.39, 0.29) is 23.1 Å². The Morgan fingerprint density at radius 2 is 1.83 bits per heavy atom. The van der Waals surface area contributed by atoms with Crippen molar-refractivity contribution in [1.82, 2.24) is 10.0 Å². The van der Waals surface area contributed by atoms with Crippen LogP contribution in [0.2, 0.25) is 0 Å². The maximum Gasteiger partial charge on any atom is 0.350 e. The third-order valence-corrected chi connectivity index (χ3v) is 6.99. The molecule has 2 atom stereocenters. The highest BCUT2D eigenvalue weighted by molar-refractivity contribution is 7.89. The topological polar surface area (TPSA) is 58.2 Å². The molecule has 1 saturated carbocycles. The number of rotatable bonds is 6. The molecule has 0 bridgehead atoms. The van der Waals surface area contributed by atoms with Crippen molar-refractivity contribution in [1.29, 1.82) is 0 Å². The Hall–Kier alpha value is -2.04. The average molecular weight is 446 g/mol. The lowest BCUT2D eigenvalue weighted by atomic mass is 9.91. The lowest BCUT2D eigenvalue weighted by Crippen LogP contribution is -2.49. The van der Waals surface area contributed by atoms with Gasteiger partial charge in [-0.2, -0.15) is 8.78 Å². The van der Waals surface area contributed by atoms with E-state index in [9.17, 15) is 26.0 Å². The first kappa shape index (κ1) is 21.2. The van der Waals surface area contributed by atoms with Gasteiger partial charge in [0.1, 0.15) is 17.5 Å². The minimum Gasteiger partial charge on any atom is -0.311 e. The van der Waals surface area contributed by atoms with Gasteiger partial charge in [-0.3, -0.25) is 0 Å². The second-order valence-electron chi connectivity index (χ2n) is 7.86. The molecule has 162 valence electrons. The van der Waals surface area contributed by atoms with E-state index in [1.165, 1.54) is 18.2 Å². The number of alkyl halides is 2. The molecular weight excluding hydrogens is 427 g/mol. The van der Waals surface area contributed by atoms with Crippen LogP contribution in [0.25, 0.3) is 11.1 Å². The van der Waals surface area contributed by atoms with Crippen LogP contribution in [0.5, 0.6) is 0 Å². The van der Waals surface area contributed by atoms with Crippen LogP contribution in [-0.2, 0) is 16.4 Å². The zero-order chi connectivity index (χ0) is 21.7. The van der Waals surface area contributed by atoms with Crippen molar-refractivity contribution in [3.8, 4) is 11.1 Å². The van der Waals surface area contributed by atoms with Crippen LogP contribution < -0.4 is 10.0 Å². The van der Waals surface area contributed by atoms with Crippen LogP contribution in [0.1, 0.15) is 18.4 Å². The molecule has 0 amide bonds. The predicted octanol–water partition coefficient (Wildman–Crippen LogP) is 3.58. The van der Waals surface area contributed by atoms with Crippen molar-refractivity contribution in [2.24, 2.45) is 5.41 Å². The molecule has 30 heavy (non-hydrogen) atoms. The molecule has 2 N–H and O–H groups in total. The summed E-state index contributed by atoms with van der Waals surface area (Å²) >= 11 is 0. The van der Waals surface area contributed by atoms with Gasteiger partial charge in [0.05, 0.1) is 0 Å². The van der Waals surface area contributed by atoms with Gasteiger partial charge in [-0.25, -0.2) is 26.3 Å². The Bertz CT molecular complexity index is 1070. The fourth-order valence-corrected chi connectivity index (χ4v) is 5.02. The standard InChI is InChI=1S/C20H19F5N2O2S/c21-12-4-5-15(22)14(9-12)13-3-1-2-11(17(13)23)8-16-18(20(6-7-20)10-26-16)27-30(28,29)19(24)25/h1-5,9,16,18-19,26-27H,6-8,10H2/t16-,18+/m0/s1. The average Bonchev–Trinajstić information content (AvgIpc) is 3.40. The van der Waals surface area contributed by atoms with E-state index >= 15 is 4.39 Å². The molecule has 1 saturated heterocycles. The van der Waals surface area contributed by atoms with E-state index in [1.54, 1.807) is 0 Å². The molecule has 1 heterocycles. The number of benzene rings is 2. The smallest absolute Gasteiger partial charge is 0.311 e. The monoisotopic (exact) mass is 446 g/mol. The molecule has 0 radical (unpaired) electrons. The molecular formula is C20H19F5N2O2S. The first-order valence-corrected chi connectivity index (χ1v) is 10.9. The SMILES string of the molecule is O=S(=O)(N[C@@H]1[C@H](Cc2cccc(-c3cc(F)ccc3F)c2F)NCC12CC2)C(F)F. The summed E-state index contributed by atoms with van der Waals surface area (Å²) in [6, 6.07) is 5.54. The maximum atomic E-state index is 15.1. The Kier molecular flexibility index (Phi) is 5.36. The molecule has 1 aliphatic heterocycles. The number of nitrogens with one attached hydrogen (secondary N) is 2. The summed E-state index contributed by atoms with van der Waals surface area (Å²) in [5.74, 6) is -5.83. The first-order valence-electron chi connectivity index (χ1n) is 9.38. The second-order valence-corrected chi connectivity index (χ2v) is 9.54. The summed E-state index contributed by atoms with van der Waals surface area (Å²) in [5.41, 5.74) is -0.682. The van der Waals surface area contributed by atoms with Crippen molar-refractivity contribution < 1.29 is 30.4 Å². The van der Waals surface area contributed by atoms with Gasteiger partial charge in [-0.1, -0.05) is 18.2 Å². The summed E-state index contributed by atoms with van der Waals surface area (Å²) in [6.07, 6.45) is 1.34. The lowest BCUT2D eigenvalue weighted by Gasteiger charge is -2.25. The van der Waals surface area contributed by atoms with Crippen LogP contribution >= 0.6 is 0 Å². The highest BCUT2D eigenvalue weighted by Crippen LogP contribution is 2.52. The van der Waals surface area contributed by atoms with E-state index in [4.69, 9.17) is 0 Å². The highest BCUT2D eigenvalue weighted by Gasteiger charge is 2.57. The van der Waals surface area contributed by atoms with Crippen LogP contribution in [0.3, 0.4) is 0 Å². The second kappa shape index (κ2) is 7.58. The minimum absolute atomic E-state index is 0.00518. The van der Waals surface area contributed by atoms with Crippen molar-refractivity contribution in [2.75, 3.05) is 6.54 Å². The largest absolute Gasteiger partial charge is 0.350 e. The summed E-state index contributed by atoms with van der Waals surface area (Å²) in [7, 11) is -4.82. The first-order chi connectivity index (χ1) is 14.1. The fourth-order valence-electron chi connectivity index (χ4n) is 4.15. The molecule has 2 aliphatic rings. The van der Waals surface area contributed by atoms with Gasteiger partial charge in [0.25, 0.3) is 10.0 Å². The molecule has 0 unspecified atom stereocenters. The zero-order valence-corrected chi connectivity index (χ0v) is 16.5. The van der Waals surface area contributed by atoms with Crippen molar-refractivity contribution in [3.05, 3.63) is 59.4 Å². The summed E-state index contributed by atoms with van der Waals surface area (Å²) in [4.78, 5) is 0. The van der Waals surface area contributed by atoms with Crippen LogP contribution in [0.4, 0.5) is 22.0 Å². The summed E-state index contributed by atoms with van der Waals surface area (Å²) < 4.78 is 94.1. The van der Waals surface area contributed by atoms with Crippen molar-refractivity contribution in [3.63, 3.8) is 0 Å². The Morgan fingerprint density at radius 3 is 2.50 bits per heavy atom. The minimum atomic E-state index is -4.82. The lowest BCUT2D eigenvalue weighted by molar-refractivity contribution is 0.229.